The molecule has 0 aliphatic carbocycles. The fourth-order valence-electron chi connectivity index (χ4n) is 1.09. The van der Waals surface area contributed by atoms with Crippen LogP contribution >= 0.6 is 15.9 Å². The number of amides is 1. The van der Waals surface area contributed by atoms with Crippen molar-refractivity contribution in [1.82, 2.24) is 15.1 Å². The Hall–Kier alpha value is -0.840. The molecule has 1 aromatic heterocycles. The summed E-state index contributed by atoms with van der Waals surface area (Å²) >= 11 is 3.40. The molecule has 1 atom stereocenters. The predicted molar refractivity (Wildman–Crippen MR) is 63.2 cm³/mol. The van der Waals surface area contributed by atoms with Gasteiger partial charge in [-0.2, -0.15) is 5.10 Å². The topological polar surface area (TPSA) is 46.9 Å². The molecule has 84 valence electrons. The van der Waals surface area contributed by atoms with E-state index in [1.54, 1.807) is 24.0 Å². The van der Waals surface area contributed by atoms with Crippen molar-refractivity contribution in [2.45, 2.75) is 25.8 Å². The molecule has 0 aliphatic rings. The molecule has 1 aromatic rings. The SMILES string of the molecule is CCC(C)(CBr)NC(=O)c1ccn(C)n1. The van der Waals surface area contributed by atoms with Crippen LogP contribution in [0.2, 0.25) is 0 Å². The number of alkyl halides is 1. The number of hydrogen-bond acceptors (Lipinski definition) is 2. The first-order valence-electron chi connectivity index (χ1n) is 4.89. The monoisotopic (exact) mass is 273 g/mol. The molecular formula is C10H16BrN3O. The lowest BCUT2D eigenvalue weighted by Crippen LogP contribution is -2.47. The van der Waals surface area contributed by atoms with Crippen molar-refractivity contribution in [3.63, 3.8) is 0 Å². The third-order valence-electron chi connectivity index (χ3n) is 2.44. The molecule has 15 heavy (non-hydrogen) atoms. The molecule has 0 saturated carbocycles. The number of halogens is 1. The highest BCUT2D eigenvalue weighted by Crippen LogP contribution is 2.13. The number of carbonyl (C=O) groups excluding carboxylic acids is 1. The van der Waals surface area contributed by atoms with E-state index in [9.17, 15) is 4.79 Å². The van der Waals surface area contributed by atoms with Gasteiger partial charge in [-0.25, -0.2) is 0 Å². The number of rotatable bonds is 4. The zero-order valence-corrected chi connectivity index (χ0v) is 10.8. The van der Waals surface area contributed by atoms with E-state index in [4.69, 9.17) is 0 Å². The van der Waals surface area contributed by atoms with Gasteiger partial charge in [-0.15, -0.1) is 0 Å². The molecular weight excluding hydrogens is 258 g/mol. The van der Waals surface area contributed by atoms with Crippen molar-refractivity contribution in [2.75, 3.05) is 5.33 Å². The number of hydrogen-bond donors (Lipinski definition) is 1. The molecule has 0 aliphatic heterocycles. The van der Waals surface area contributed by atoms with Crippen LogP contribution in [0.3, 0.4) is 0 Å². The largest absolute Gasteiger partial charge is 0.345 e. The molecule has 1 rings (SSSR count). The van der Waals surface area contributed by atoms with Gasteiger partial charge in [0.05, 0.1) is 0 Å². The summed E-state index contributed by atoms with van der Waals surface area (Å²) in [6.45, 7) is 4.04. The number of aryl methyl sites for hydroxylation is 1. The van der Waals surface area contributed by atoms with Crippen LogP contribution in [0.4, 0.5) is 0 Å². The third-order valence-corrected chi connectivity index (χ3v) is 3.67. The fourth-order valence-corrected chi connectivity index (χ4v) is 1.63. The highest BCUT2D eigenvalue weighted by atomic mass is 79.9. The van der Waals surface area contributed by atoms with Gasteiger partial charge in [0.2, 0.25) is 0 Å². The van der Waals surface area contributed by atoms with Crippen molar-refractivity contribution >= 4 is 21.8 Å². The summed E-state index contributed by atoms with van der Waals surface area (Å²) in [5.74, 6) is -0.126. The maximum Gasteiger partial charge on any atom is 0.272 e. The molecule has 4 nitrogen and oxygen atoms in total. The van der Waals surface area contributed by atoms with Crippen LogP contribution in [0.25, 0.3) is 0 Å². The van der Waals surface area contributed by atoms with Gasteiger partial charge in [-0.05, 0) is 19.4 Å². The number of nitrogens with one attached hydrogen (secondary N) is 1. The molecule has 0 fully saturated rings. The average molecular weight is 274 g/mol. The summed E-state index contributed by atoms with van der Waals surface area (Å²) in [5, 5.41) is 7.74. The quantitative estimate of drug-likeness (QED) is 0.850. The Morgan fingerprint density at radius 2 is 2.40 bits per heavy atom. The molecule has 5 heteroatoms. The molecule has 0 aromatic carbocycles. The lowest BCUT2D eigenvalue weighted by molar-refractivity contribution is 0.0907. The highest BCUT2D eigenvalue weighted by molar-refractivity contribution is 9.09. The van der Waals surface area contributed by atoms with Crippen molar-refractivity contribution in [3.8, 4) is 0 Å². The first-order chi connectivity index (χ1) is 7.00. The van der Waals surface area contributed by atoms with E-state index in [0.29, 0.717) is 5.69 Å². The molecule has 0 saturated heterocycles. The van der Waals surface area contributed by atoms with Crippen LogP contribution in [0.1, 0.15) is 30.8 Å². The van der Waals surface area contributed by atoms with Gasteiger partial charge in [-0.1, -0.05) is 22.9 Å². The van der Waals surface area contributed by atoms with Crippen LogP contribution in [0.15, 0.2) is 12.3 Å². The van der Waals surface area contributed by atoms with E-state index in [0.717, 1.165) is 11.8 Å². The number of carbonyl (C=O) groups is 1. The Balaban J connectivity index is 2.71. The zero-order valence-electron chi connectivity index (χ0n) is 9.25. The Bertz CT molecular complexity index is 344. The Morgan fingerprint density at radius 3 is 2.80 bits per heavy atom. The van der Waals surface area contributed by atoms with Crippen LogP contribution in [-0.4, -0.2) is 26.6 Å². The zero-order chi connectivity index (χ0) is 11.5. The molecule has 1 N–H and O–H groups in total. The van der Waals surface area contributed by atoms with Gasteiger partial charge in [0.25, 0.3) is 5.91 Å². The summed E-state index contributed by atoms with van der Waals surface area (Å²) < 4.78 is 1.62. The normalized spacial score (nSPS) is 14.7. The smallest absolute Gasteiger partial charge is 0.272 e. The molecule has 1 amide bonds. The van der Waals surface area contributed by atoms with Crippen LogP contribution in [-0.2, 0) is 7.05 Å². The van der Waals surface area contributed by atoms with Crippen LogP contribution in [0.5, 0.6) is 0 Å². The van der Waals surface area contributed by atoms with Gasteiger partial charge >= 0.3 is 0 Å². The van der Waals surface area contributed by atoms with Crippen molar-refractivity contribution in [1.29, 1.82) is 0 Å². The van der Waals surface area contributed by atoms with Gasteiger partial charge in [0.15, 0.2) is 0 Å². The van der Waals surface area contributed by atoms with Gasteiger partial charge in [-0.3, -0.25) is 9.48 Å². The summed E-state index contributed by atoms with van der Waals surface area (Å²) in [4.78, 5) is 11.8. The van der Waals surface area contributed by atoms with Gasteiger partial charge < -0.3 is 5.32 Å². The lowest BCUT2D eigenvalue weighted by atomic mass is 10.0. The minimum Gasteiger partial charge on any atom is -0.345 e. The van der Waals surface area contributed by atoms with E-state index >= 15 is 0 Å². The van der Waals surface area contributed by atoms with Gasteiger partial charge in [0.1, 0.15) is 5.69 Å². The average Bonchev–Trinajstić information content (AvgIpc) is 2.65. The van der Waals surface area contributed by atoms with E-state index in [2.05, 4.69) is 26.3 Å². The second kappa shape index (κ2) is 4.79. The standard InChI is InChI=1S/C10H16BrN3O/c1-4-10(2,7-11)12-9(15)8-5-6-14(3)13-8/h5-6H,4,7H2,1-3H3,(H,12,15). The first kappa shape index (κ1) is 12.2. The second-order valence-electron chi connectivity index (χ2n) is 3.88. The Labute approximate surface area is 98.2 Å². The van der Waals surface area contributed by atoms with E-state index in [1.165, 1.54) is 0 Å². The second-order valence-corrected chi connectivity index (χ2v) is 4.44. The molecule has 0 radical (unpaired) electrons. The fraction of sp³-hybridized carbons (Fsp3) is 0.600. The predicted octanol–water partition coefficient (Wildman–Crippen LogP) is 1.71. The number of aromatic nitrogens is 2. The van der Waals surface area contributed by atoms with Crippen molar-refractivity contribution < 1.29 is 4.79 Å². The van der Waals surface area contributed by atoms with Crippen LogP contribution < -0.4 is 5.32 Å². The lowest BCUT2D eigenvalue weighted by Gasteiger charge is -2.26. The third kappa shape index (κ3) is 3.06. The van der Waals surface area contributed by atoms with Crippen LogP contribution in [0, 0.1) is 0 Å². The molecule has 1 heterocycles. The molecule has 0 spiro atoms. The van der Waals surface area contributed by atoms with E-state index in [-0.39, 0.29) is 11.4 Å². The highest BCUT2D eigenvalue weighted by Gasteiger charge is 2.24. The van der Waals surface area contributed by atoms with E-state index in [1.807, 2.05) is 13.8 Å². The minimum absolute atomic E-state index is 0.126. The van der Waals surface area contributed by atoms with Crippen molar-refractivity contribution in [2.24, 2.45) is 7.05 Å². The molecule has 0 bridgehead atoms. The van der Waals surface area contributed by atoms with Crippen molar-refractivity contribution in [3.05, 3.63) is 18.0 Å². The maximum absolute atomic E-state index is 11.8. The summed E-state index contributed by atoms with van der Waals surface area (Å²) in [6, 6.07) is 1.71. The van der Waals surface area contributed by atoms with Gasteiger partial charge in [0, 0.05) is 24.1 Å². The Morgan fingerprint density at radius 1 is 1.73 bits per heavy atom. The minimum atomic E-state index is -0.214. The maximum atomic E-state index is 11.8. The van der Waals surface area contributed by atoms with E-state index < -0.39 is 0 Å². The number of nitrogens with zero attached hydrogens (tertiary/aromatic N) is 2. The first-order valence-corrected chi connectivity index (χ1v) is 6.01. The molecule has 1 unspecified atom stereocenters. The Kier molecular flexibility index (Phi) is 3.90. The summed E-state index contributed by atoms with van der Waals surface area (Å²) in [5.41, 5.74) is 0.243. The summed E-state index contributed by atoms with van der Waals surface area (Å²) in [6.07, 6.45) is 2.63. The summed E-state index contributed by atoms with van der Waals surface area (Å²) in [7, 11) is 1.79.